The Morgan fingerprint density at radius 2 is 1.16 bits per heavy atom. The molecule has 1 heterocycles. The third kappa shape index (κ3) is 6.22. The molecule has 1 fully saturated rings. The third-order valence-corrected chi connectivity index (χ3v) is 12.9. The number of para-hydroxylation sites is 3. The molecule has 0 spiro atoms. The van der Waals surface area contributed by atoms with E-state index in [1.165, 1.54) is 58.0 Å². The minimum atomic E-state index is 0.0847. The Kier molecular flexibility index (Phi) is 9.27. The van der Waals surface area contributed by atoms with Gasteiger partial charge in [0.05, 0.1) is 16.4 Å². The maximum Gasteiger partial charge on any atom is 0.0883 e. The summed E-state index contributed by atoms with van der Waals surface area (Å²) in [6.45, 7) is 4.67. The predicted octanol–water partition coefficient (Wildman–Crippen LogP) is 15.8. The molecule has 0 saturated heterocycles. The van der Waals surface area contributed by atoms with E-state index in [0.717, 1.165) is 51.3 Å². The van der Waals surface area contributed by atoms with E-state index >= 15 is 0 Å². The van der Waals surface area contributed by atoms with Crippen molar-refractivity contribution in [1.82, 2.24) is 0 Å². The molecule has 0 bridgehead atoms. The first-order valence-corrected chi connectivity index (χ1v) is 20.9. The van der Waals surface area contributed by atoms with Crippen LogP contribution in [-0.2, 0) is 5.41 Å². The average Bonchev–Trinajstić information content (AvgIpc) is 3.54. The summed E-state index contributed by atoms with van der Waals surface area (Å²) in [6.07, 6.45) is 4.82. The molecule has 3 nitrogen and oxygen atoms in total. The van der Waals surface area contributed by atoms with Crippen LogP contribution >= 0.6 is 11.6 Å². The summed E-state index contributed by atoms with van der Waals surface area (Å²) in [5.41, 5.74) is 13.7. The van der Waals surface area contributed by atoms with Crippen molar-refractivity contribution >= 4 is 67.9 Å². The van der Waals surface area contributed by atoms with E-state index in [1.54, 1.807) is 0 Å². The summed E-state index contributed by atoms with van der Waals surface area (Å²) in [7, 11) is 0. The number of aryl methyl sites for hydroxylation is 1. The minimum Gasteiger partial charge on any atom is -0.336 e. The van der Waals surface area contributed by atoms with E-state index < -0.39 is 0 Å². The highest BCUT2D eigenvalue weighted by Gasteiger charge is 2.49. The molecule has 1 aliphatic heterocycles. The Morgan fingerprint density at radius 3 is 1.95 bits per heavy atom. The fourth-order valence-corrected chi connectivity index (χ4v) is 10.1. The molecule has 8 aromatic carbocycles. The molecule has 0 radical (unpaired) electrons. The van der Waals surface area contributed by atoms with Crippen LogP contribution in [0, 0.1) is 6.92 Å². The lowest BCUT2D eigenvalue weighted by molar-refractivity contribution is 0.290. The molecule has 0 aromatic heterocycles. The zero-order valence-electron chi connectivity index (χ0n) is 33.0. The summed E-state index contributed by atoms with van der Waals surface area (Å²) < 4.78 is 0. The van der Waals surface area contributed by atoms with Crippen molar-refractivity contribution in [1.29, 1.82) is 0 Å². The zero-order chi connectivity index (χ0) is 39.2. The molecular formula is C54H46ClN3. The Labute approximate surface area is 347 Å². The fourth-order valence-electron chi connectivity index (χ4n) is 9.83. The van der Waals surface area contributed by atoms with Crippen LogP contribution in [0.5, 0.6) is 0 Å². The number of fused-ring (bicyclic) bond motifs is 4. The lowest BCUT2D eigenvalue weighted by Gasteiger charge is -2.41. The van der Waals surface area contributed by atoms with Gasteiger partial charge in [-0.05, 0) is 126 Å². The van der Waals surface area contributed by atoms with E-state index in [2.05, 4.69) is 217 Å². The largest absolute Gasteiger partial charge is 0.336 e. The second kappa shape index (κ2) is 14.9. The van der Waals surface area contributed by atoms with Crippen LogP contribution in [0.4, 0.5) is 45.5 Å². The number of rotatable bonds is 8. The van der Waals surface area contributed by atoms with E-state index in [4.69, 9.17) is 11.6 Å². The third-order valence-electron chi connectivity index (χ3n) is 12.5. The second-order valence-electron chi connectivity index (χ2n) is 16.1. The smallest absolute Gasteiger partial charge is 0.0883 e. The van der Waals surface area contributed by atoms with Gasteiger partial charge in [-0.15, -0.1) is 0 Å². The van der Waals surface area contributed by atoms with Crippen molar-refractivity contribution in [3.8, 4) is 11.1 Å². The first kappa shape index (κ1) is 36.1. The average molecular weight is 772 g/mol. The van der Waals surface area contributed by atoms with Crippen molar-refractivity contribution in [2.45, 2.75) is 51.0 Å². The second-order valence-corrected chi connectivity index (χ2v) is 16.5. The zero-order valence-corrected chi connectivity index (χ0v) is 33.8. The Hall–Kier alpha value is -6.29. The number of anilines is 8. The van der Waals surface area contributed by atoms with Crippen LogP contribution in [0.1, 0.15) is 43.7 Å². The highest BCUT2D eigenvalue weighted by Crippen LogP contribution is 2.57. The Balaban J connectivity index is 1.12. The van der Waals surface area contributed by atoms with Gasteiger partial charge >= 0.3 is 0 Å². The maximum absolute atomic E-state index is 7.82. The molecule has 1 saturated carbocycles. The summed E-state index contributed by atoms with van der Waals surface area (Å²) in [5.74, 6) is 0. The topological polar surface area (TPSA) is 9.72 Å². The van der Waals surface area contributed by atoms with E-state index in [-0.39, 0.29) is 5.41 Å². The van der Waals surface area contributed by atoms with Gasteiger partial charge in [-0.3, -0.25) is 0 Å². The van der Waals surface area contributed by atoms with Crippen molar-refractivity contribution < 1.29 is 0 Å². The van der Waals surface area contributed by atoms with E-state index in [1.807, 2.05) is 0 Å². The number of nitrogens with zero attached hydrogens (tertiary/aromatic N) is 3. The van der Waals surface area contributed by atoms with E-state index in [0.29, 0.717) is 6.04 Å². The van der Waals surface area contributed by atoms with Crippen LogP contribution in [0.25, 0.3) is 21.9 Å². The minimum absolute atomic E-state index is 0.0847. The van der Waals surface area contributed by atoms with Gasteiger partial charge in [0, 0.05) is 45.6 Å². The molecule has 8 aromatic rings. The normalized spacial score (nSPS) is 17.2. The quantitative estimate of drug-likeness (QED) is 0.152. The van der Waals surface area contributed by atoms with Crippen molar-refractivity contribution in [3.05, 3.63) is 204 Å². The van der Waals surface area contributed by atoms with Crippen LogP contribution in [0.3, 0.4) is 0 Å². The molecule has 1 aliphatic carbocycles. The highest BCUT2D eigenvalue weighted by molar-refractivity contribution is 6.36. The summed E-state index contributed by atoms with van der Waals surface area (Å²) in [5, 5.41) is 3.24. The molecule has 4 heteroatoms. The van der Waals surface area contributed by atoms with E-state index in [9.17, 15) is 0 Å². The molecule has 0 N–H and O–H groups in total. The Morgan fingerprint density at radius 1 is 0.552 bits per heavy atom. The molecule has 284 valence electrons. The van der Waals surface area contributed by atoms with Crippen LogP contribution < -0.4 is 14.7 Å². The maximum atomic E-state index is 7.82. The van der Waals surface area contributed by atoms with Gasteiger partial charge in [-0.1, -0.05) is 147 Å². The van der Waals surface area contributed by atoms with Crippen LogP contribution in [-0.4, -0.2) is 6.04 Å². The van der Waals surface area contributed by atoms with Gasteiger partial charge in [0.2, 0.25) is 0 Å². The monoisotopic (exact) mass is 771 g/mol. The molecule has 58 heavy (non-hydrogen) atoms. The summed E-state index contributed by atoms with van der Waals surface area (Å²) in [6, 6.07) is 68.2. The number of benzene rings is 8. The van der Waals surface area contributed by atoms with Crippen molar-refractivity contribution in [2.75, 3.05) is 14.7 Å². The number of halogens is 1. The molecule has 0 amide bonds. The van der Waals surface area contributed by atoms with Gasteiger partial charge in [0.15, 0.2) is 0 Å². The molecule has 2 unspecified atom stereocenters. The van der Waals surface area contributed by atoms with Crippen molar-refractivity contribution in [2.24, 2.45) is 0 Å². The Bertz CT molecular complexity index is 2760. The number of hydrogen-bond donors (Lipinski definition) is 0. The molecular weight excluding hydrogens is 726 g/mol. The first-order chi connectivity index (χ1) is 28.5. The summed E-state index contributed by atoms with van der Waals surface area (Å²) >= 11 is 7.82. The predicted molar refractivity (Wildman–Crippen MR) is 247 cm³/mol. The van der Waals surface area contributed by atoms with Gasteiger partial charge in [0.25, 0.3) is 0 Å². The lowest BCUT2D eigenvalue weighted by atomic mass is 9.69. The highest BCUT2D eigenvalue weighted by atomic mass is 35.5. The standard InChI is InChI=1S/C54H46ClN3/c1-38-34-50(53(55)51(35-38)58-49-31-12-11-30-48(49)54(2)33-14-13-32-52(54)58)57(42-23-7-4-8-24-42)45-27-17-26-44(37-45)56(41-21-5-3-6-22-41)43-25-15-20-40(36-43)47-29-16-19-39-18-9-10-28-46(39)47/h3-12,15-31,34-37,52H,13-14,32-33H2,1-2H3. The molecule has 10 rings (SSSR count). The first-order valence-electron chi connectivity index (χ1n) is 20.6. The fraction of sp³-hybridized carbons (Fsp3) is 0.148. The van der Waals surface area contributed by atoms with Crippen LogP contribution in [0.2, 0.25) is 5.02 Å². The van der Waals surface area contributed by atoms with Crippen LogP contribution in [0.15, 0.2) is 188 Å². The summed E-state index contributed by atoms with van der Waals surface area (Å²) in [4.78, 5) is 7.27. The van der Waals surface area contributed by atoms with Gasteiger partial charge in [-0.25, -0.2) is 0 Å². The van der Waals surface area contributed by atoms with Gasteiger partial charge in [0.1, 0.15) is 0 Å². The van der Waals surface area contributed by atoms with Gasteiger partial charge < -0.3 is 14.7 Å². The van der Waals surface area contributed by atoms with Gasteiger partial charge in [-0.2, -0.15) is 0 Å². The number of hydrogen-bond acceptors (Lipinski definition) is 3. The van der Waals surface area contributed by atoms with Crippen molar-refractivity contribution in [3.63, 3.8) is 0 Å². The SMILES string of the molecule is Cc1cc(N(c2ccccc2)c2cccc(N(c3ccccc3)c3cccc(-c4cccc5ccccc45)c3)c2)c(Cl)c(N2c3ccccc3C3(C)CCCCC23)c1. The lowest BCUT2D eigenvalue weighted by Crippen LogP contribution is -2.43. The molecule has 2 aliphatic rings. The molecule has 2 atom stereocenters.